The molecule has 0 bridgehead atoms. The summed E-state index contributed by atoms with van der Waals surface area (Å²) >= 11 is 3.52. The van der Waals surface area contributed by atoms with Crippen LogP contribution in [0.15, 0.2) is 52.0 Å². The molecule has 3 aromatic rings. The number of ether oxygens (including phenoxy) is 3. The van der Waals surface area contributed by atoms with Crippen molar-refractivity contribution in [3.63, 3.8) is 0 Å². The van der Waals surface area contributed by atoms with E-state index in [1.165, 1.54) is 12.1 Å². The quantitative estimate of drug-likeness (QED) is 0.187. The predicted octanol–water partition coefficient (Wildman–Crippen LogP) is 5.50. The lowest BCUT2D eigenvalue weighted by Crippen LogP contribution is -2.04. The Labute approximate surface area is 216 Å². The number of nitrogens with zero attached hydrogens (tertiary/aromatic N) is 4. The molecule has 0 atom stereocenters. The van der Waals surface area contributed by atoms with Crippen molar-refractivity contribution in [2.75, 3.05) is 19.1 Å². The number of nitrogens with one attached hydrogen (secondary N) is 1. The van der Waals surface area contributed by atoms with Gasteiger partial charge in [0.05, 0.1) is 28.8 Å². The van der Waals surface area contributed by atoms with E-state index in [2.05, 4.69) is 37.5 Å². The van der Waals surface area contributed by atoms with Gasteiger partial charge in [0.2, 0.25) is 0 Å². The van der Waals surface area contributed by atoms with Gasteiger partial charge in [-0.15, -0.1) is 0 Å². The van der Waals surface area contributed by atoms with E-state index >= 15 is 0 Å². The van der Waals surface area contributed by atoms with Gasteiger partial charge in [-0.1, -0.05) is 0 Å². The Balaban J connectivity index is 1.79. The van der Waals surface area contributed by atoms with Gasteiger partial charge in [-0.25, -0.2) is 4.98 Å². The number of hydrogen-bond acceptors (Lipinski definition) is 9. The van der Waals surface area contributed by atoms with E-state index in [9.17, 15) is 15.4 Å². The van der Waals surface area contributed by atoms with Crippen molar-refractivity contribution in [3.8, 4) is 17.6 Å². The number of anilines is 1. The molecule has 186 valence electrons. The Morgan fingerprint density at radius 1 is 1.22 bits per heavy atom. The number of aromatic nitrogens is 1. The van der Waals surface area contributed by atoms with Crippen molar-refractivity contribution in [3.05, 3.63) is 85.0 Å². The highest BCUT2D eigenvalue weighted by Gasteiger charge is 2.14. The summed E-state index contributed by atoms with van der Waals surface area (Å²) in [6, 6.07) is 13.7. The maximum atomic E-state index is 10.8. The molecule has 0 saturated carbocycles. The van der Waals surface area contributed by atoms with Gasteiger partial charge in [-0.05, 0) is 71.2 Å². The van der Waals surface area contributed by atoms with Crippen molar-refractivity contribution in [1.82, 2.24) is 4.98 Å². The highest BCUT2D eigenvalue weighted by molar-refractivity contribution is 9.10. The first-order valence-electron chi connectivity index (χ1n) is 10.9. The summed E-state index contributed by atoms with van der Waals surface area (Å²) < 4.78 is 17.5. The minimum absolute atomic E-state index is 0.0184. The molecule has 0 fully saturated rings. The third-order valence-corrected chi connectivity index (χ3v) is 5.48. The van der Waals surface area contributed by atoms with Crippen LogP contribution >= 0.6 is 15.9 Å². The van der Waals surface area contributed by atoms with E-state index in [1.807, 2.05) is 19.9 Å². The van der Waals surface area contributed by atoms with Gasteiger partial charge in [-0.2, -0.15) is 10.4 Å². The van der Waals surface area contributed by atoms with Crippen molar-refractivity contribution in [2.24, 2.45) is 5.10 Å². The smallest absolute Gasteiger partial charge is 0.269 e. The normalized spacial score (nSPS) is 10.8. The lowest BCUT2D eigenvalue weighted by Gasteiger charge is -2.15. The zero-order valence-electron chi connectivity index (χ0n) is 19.9. The summed E-state index contributed by atoms with van der Waals surface area (Å²) in [6.45, 7) is 4.60. The van der Waals surface area contributed by atoms with Crippen LogP contribution in [0.3, 0.4) is 0 Å². The van der Waals surface area contributed by atoms with Crippen LogP contribution in [0.2, 0.25) is 0 Å². The van der Waals surface area contributed by atoms with E-state index in [0.717, 1.165) is 16.8 Å². The largest absolute Gasteiger partial charge is 0.490 e. The third kappa shape index (κ3) is 6.78. The predicted molar refractivity (Wildman–Crippen MR) is 138 cm³/mol. The molecule has 1 heterocycles. The maximum Gasteiger partial charge on any atom is 0.269 e. The number of hydrogen-bond donors (Lipinski definition) is 1. The van der Waals surface area contributed by atoms with Gasteiger partial charge in [-0.3, -0.25) is 15.5 Å². The highest BCUT2D eigenvalue weighted by atomic mass is 79.9. The van der Waals surface area contributed by atoms with E-state index in [4.69, 9.17) is 14.2 Å². The van der Waals surface area contributed by atoms with Gasteiger partial charge in [0.1, 0.15) is 18.2 Å². The first kappa shape index (κ1) is 26.6. The minimum atomic E-state index is -0.446. The number of hydrazone groups is 1. The summed E-state index contributed by atoms with van der Waals surface area (Å²) in [6.07, 6.45) is 1.58. The van der Waals surface area contributed by atoms with E-state index < -0.39 is 4.92 Å². The summed E-state index contributed by atoms with van der Waals surface area (Å²) in [5.41, 5.74) is 6.17. The fraction of sp³-hybridized carbons (Fsp3) is 0.240. The van der Waals surface area contributed by atoms with Crippen molar-refractivity contribution in [2.45, 2.75) is 27.1 Å². The van der Waals surface area contributed by atoms with Gasteiger partial charge in [0.15, 0.2) is 17.3 Å². The molecule has 11 heteroatoms. The van der Waals surface area contributed by atoms with Crippen molar-refractivity contribution < 1.29 is 19.1 Å². The monoisotopic (exact) mass is 553 g/mol. The molecule has 0 spiro atoms. The number of methoxy groups -OCH3 is 1. The lowest BCUT2D eigenvalue weighted by molar-refractivity contribution is -0.384. The van der Waals surface area contributed by atoms with Gasteiger partial charge >= 0.3 is 0 Å². The molecule has 1 N–H and O–H groups in total. The SMILES string of the molecule is CCOc1cc(/C=N/Nc2nc(C)cc(COC)c2C#N)cc(Br)c1OCc1ccc([N+](=O)[O-])cc1. The van der Waals surface area contributed by atoms with Crippen molar-refractivity contribution >= 4 is 33.6 Å². The van der Waals surface area contributed by atoms with Crippen LogP contribution in [0.1, 0.15) is 34.9 Å². The second-order valence-corrected chi connectivity index (χ2v) is 8.39. The maximum absolute atomic E-state index is 10.8. The van der Waals surface area contributed by atoms with Crippen LogP contribution in [0.4, 0.5) is 11.5 Å². The lowest BCUT2D eigenvalue weighted by atomic mass is 10.1. The molecule has 3 rings (SSSR count). The Morgan fingerprint density at radius 3 is 2.61 bits per heavy atom. The van der Waals surface area contributed by atoms with Crippen molar-refractivity contribution in [1.29, 1.82) is 5.26 Å². The molecule has 0 radical (unpaired) electrons. The topological polar surface area (TPSA) is 132 Å². The molecule has 1 aromatic heterocycles. The second-order valence-electron chi connectivity index (χ2n) is 7.54. The molecule has 2 aromatic carbocycles. The van der Waals surface area contributed by atoms with Crippen LogP contribution in [-0.2, 0) is 18.0 Å². The minimum Gasteiger partial charge on any atom is -0.490 e. The molecule has 0 saturated heterocycles. The number of halogens is 1. The zero-order valence-corrected chi connectivity index (χ0v) is 21.5. The summed E-state index contributed by atoms with van der Waals surface area (Å²) in [7, 11) is 1.56. The number of pyridine rings is 1. The average Bonchev–Trinajstić information content (AvgIpc) is 2.84. The molecular weight excluding hydrogens is 530 g/mol. The Morgan fingerprint density at radius 2 is 1.97 bits per heavy atom. The molecule has 0 aliphatic rings. The third-order valence-electron chi connectivity index (χ3n) is 4.89. The van der Waals surface area contributed by atoms with E-state index in [-0.39, 0.29) is 18.9 Å². The Bertz CT molecular complexity index is 1310. The number of nitro groups is 1. The fourth-order valence-electron chi connectivity index (χ4n) is 3.32. The molecule has 36 heavy (non-hydrogen) atoms. The van der Waals surface area contributed by atoms with E-state index in [1.54, 1.807) is 37.6 Å². The molecule has 10 nitrogen and oxygen atoms in total. The molecular formula is C25H24BrN5O5. The van der Waals surface area contributed by atoms with E-state index in [0.29, 0.717) is 39.5 Å². The van der Waals surface area contributed by atoms with Gasteiger partial charge in [0.25, 0.3) is 5.69 Å². The second kappa shape index (κ2) is 12.6. The number of benzene rings is 2. The summed E-state index contributed by atoms with van der Waals surface area (Å²) in [4.78, 5) is 14.8. The van der Waals surface area contributed by atoms with Gasteiger partial charge in [0, 0.05) is 30.5 Å². The van der Waals surface area contributed by atoms with Gasteiger partial charge < -0.3 is 14.2 Å². The Kier molecular flexibility index (Phi) is 9.32. The van der Waals surface area contributed by atoms with Crippen LogP contribution in [0.5, 0.6) is 11.5 Å². The molecule has 0 aliphatic carbocycles. The van der Waals surface area contributed by atoms with Crippen LogP contribution in [0.25, 0.3) is 0 Å². The standard InChI is InChI=1S/C25H24BrN5O5/c1-4-35-23-11-18(13-28-30-25-21(12-27)19(15-34-3)9-16(2)29-25)10-22(26)24(23)36-14-17-5-7-20(8-6-17)31(32)33/h5-11,13H,4,14-15H2,1-3H3,(H,29,30)/b28-13+. The fourth-order valence-corrected chi connectivity index (χ4v) is 3.89. The highest BCUT2D eigenvalue weighted by Crippen LogP contribution is 2.37. The molecule has 0 unspecified atom stereocenters. The number of nitro benzene ring substituents is 1. The molecule has 0 aliphatic heterocycles. The van der Waals surface area contributed by atoms with Crippen LogP contribution < -0.4 is 14.9 Å². The summed E-state index contributed by atoms with van der Waals surface area (Å²) in [5.74, 6) is 1.34. The first-order valence-corrected chi connectivity index (χ1v) is 11.7. The summed E-state index contributed by atoms with van der Waals surface area (Å²) in [5, 5.41) is 24.7. The molecule has 0 amide bonds. The first-order chi connectivity index (χ1) is 17.4. The zero-order chi connectivity index (χ0) is 26.1. The number of nitriles is 1. The van der Waals surface area contributed by atoms with Crippen LogP contribution in [0, 0.1) is 28.4 Å². The number of aryl methyl sites for hydroxylation is 1. The number of non-ortho nitro benzene ring substituents is 1. The van der Waals surface area contributed by atoms with Crippen LogP contribution in [-0.4, -0.2) is 29.8 Å². The average molecular weight is 554 g/mol. The number of rotatable bonds is 11. The Hall–Kier alpha value is -4.01.